The first kappa shape index (κ1) is 22.7. The Kier molecular flexibility index (Phi) is 8.82. The highest BCUT2D eigenvalue weighted by Crippen LogP contribution is 2.24. The van der Waals surface area contributed by atoms with Crippen molar-refractivity contribution in [3.8, 4) is 0 Å². The Morgan fingerprint density at radius 3 is 2.65 bits per heavy atom. The molecule has 1 heterocycles. The molecule has 1 saturated heterocycles. The van der Waals surface area contributed by atoms with Crippen LogP contribution in [0.2, 0.25) is 0 Å². The number of nitrogens with zero attached hydrogens (tertiary/aromatic N) is 2. The molecule has 1 atom stereocenters. The van der Waals surface area contributed by atoms with E-state index in [2.05, 4.69) is 39.6 Å². The van der Waals surface area contributed by atoms with Crippen LogP contribution in [0.4, 0.5) is 0 Å². The Morgan fingerprint density at radius 1 is 1.35 bits per heavy atom. The van der Waals surface area contributed by atoms with Crippen molar-refractivity contribution >= 4 is 35.8 Å². The van der Waals surface area contributed by atoms with Crippen molar-refractivity contribution in [2.45, 2.75) is 39.3 Å². The summed E-state index contributed by atoms with van der Waals surface area (Å²) < 4.78 is 5.96. The maximum Gasteiger partial charge on any atom is 0.239 e. The fraction of sp³-hybridized carbons (Fsp3) is 0.579. The van der Waals surface area contributed by atoms with Crippen molar-refractivity contribution in [1.29, 1.82) is 0 Å². The van der Waals surface area contributed by atoms with Gasteiger partial charge in [-0.3, -0.25) is 9.79 Å². The van der Waals surface area contributed by atoms with Crippen molar-refractivity contribution in [2.75, 3.05) is 33.3 Å². The van der Waals surface area contributed by atoms with Gasteiger partial charge in [0.1, 0.15) is 6.10 Å². The van der Waals surface area contributed by atoms with Crippen LogP contribution in [0.25, 0.3) is 0 Å². The van der Waals surface area contributed by atoms with Crippen LogP contribution < -0.4 is 10.6 Å². The Labute approximate surface area is 173 Å². The van der Waals surface area contributed by atoms with Gasteiger partial charge in [0.2, 0.25) is 5.91 Å². The number of aryl methyl sites for hydroxylation is 1. The van der Waals surface area contributed by atoms with Gasteiger partial charge in [0.25, 0.3) is 0 Å². The van der Waals surface area contributed by atoms with E-state index < -0.39 is 0 Å². The fourth-order valence-corrected chi connectivity index (χ4v) is 2.93. The van der Waals surface area contributed by atoms with Crippen LogP contribution in [-0.4, -0.2) is 55.6 Å². The molecule has 0 aromatic heterocycles. The monoisotopic (exact) mass is 474 g/mol. The summed E-state index contributed by atoms with van der Waals surface area (Å²) in [6.07, 6.45) is 0.0110. The number of hydrogen-bond acceptors (Lipinski definition) is 3. The number of guanidine groups is 1. The van der Waals surface area contributed by atoms with Gasteiger partial charge < -0.3 is 20.3 Å². The van der Waals surface area contributed by atoms with Gasteiger partial charge in [-0.1, -0.05) is 24.3 Å². The molecular formula is C19H31IN4O2. The molecule has 0 radical (unpaired) electrons. The highest BCUT2D eigenvalue weighted by atomic mass is 127. The largest absolute Gasteiger partial charge is 0.370 e. The van der Waals surface area contributed by atoms with Crippen LogP contribution in [0.5, 0.6) is 0 Å². The first-order chi connectivity index (χ1) is 11.8. The van der Waals surface area contributed by atoms with Crippen molar-refractivity contribution in [3.63, 3.8) is 0 Å². The third-order valence-corrected chi connectivity index (χ3v) is 4.03. The van der Waals surface area contributed by atoms with E-state index in [1.54, 1.807) is 7.05 Å². The Bertz CT molecular complexity index is 628. The van der Waals surface area contributed by atoms with Gasteiger partial charge in [-0.05, 0) is 38.8 Å². The van der Waals surface area contributed by atoms with E-state index >= 15 is 0 Å². The van der Waals surface area contributed by atoms with Crippen molar-refractivity contribution in [2.24, 2.45) is 4.99 Å². The molecule has 0 bridgehead atoms. The molecule has 2 N–H and O–H groups in total. The second kappa shape index (κ2) is 10.1. The summed E-state index contributed by atoms with van der Waals surface area (Å²) in [7, 11) is 1.74. The third-order valence-electron chi connectivity index (χ3n) is 4.03. The molecule has 1 aliphatic rings. The van der Waals surface area contributed by atoms with E-state index in [0.717, 1.165) is 12.5 Å². The van der Waals surface area contributed by atoms with E-state index in [9.17, 15) is 4.79 Å². The maximum atomic E-state index is 12.0. The Balaban J connectivity index is 0.00000338. The molecule has 26 heavy (non-hydrogen) atoms. The van der Waals surface area contributed by atoms with Gasteiger partial charge in [0.05, 0.1) is 19.7 Å². The minimum absolute atomic E-state index is 0. The van der Waals surface area contributed by atoms with Crippen LogP contribution in [0.15, 0.2) is 29.3 Å². The van der Waals surface area contributed by atoms with Gasteiger partial charge in [-0.25, -0.2) is 0 Å². The summed E-state index contributed by atoms with van der Waals surface area (Å²) >= 11 is 0. The summed E-state index contributed by atoms with van der Waals surface area (Å²) in [6, 6.07) is 8.28. The summed E-state index contributed by atoms with van der Waals surface area (Å²) in [6.45, 7) is 10.3. The number of carbonyl (C=O) groups is 1. The molecule has 2 rings (SSSR count). The predicted molar refractivity (Wildman–Crippen MR) is 116 cm³/mol. The third kappa shape index (κ3) is 6.75. The van der Waals surface area contributed by atoms with Gasteiger partial charge in [-0.2, -0.15) is 0 Å². The zero-order chi connectivity index (χ0) is 18.4. The second-order valence-corrected chi connectivity index (χ2v) is 7.36. The quantitative estimate of drug-likeness (QED) is 0.402. The molecule has 1 aliphatic heterocycles. The van der Waals surface area contributed by atoms with E-state index in [1.807, 2.05) is 32.9 Å². The number of aliphatic imine (C=N–C) groups is 1. The van der Waals surface area contributed by atoms with Crippen LogP contribution in [0, 0.1) is 6.92 Å². The number of nitrogens with one attached hydrogen (secondary N) is 2. The lowest BCUT2D eigenvalue weighted by Gasteiger charge is -2.35. The number of morpholine rings is 1. The number of hydrogen-bond donors (Lipinski definition) is 2. The first-order valence-corrected chi connectivity index (χ1v) is 8.74. The van der Waals surface area contributed by atoms with E-state index in [4.69, 9.17) is 4.74 Å². The van der Waals surface area contributed by atoms with Gasteiger partial charge in [-0.15, -0.1) is 24.0 Å². The molecule has 0 spiro atoms. The molecule has 0 aliphatic carbocycles. The highest BCUT2D eigenvalue weighted by Gasteiger charge is 2.25. The molecule has 7 heteroatoms. The van der Waals surface area contributed by atoms with Gasteiger partial charge in [0.15, 0.2) is 5.96 Å². The zero-order valence-corrected chi connectivity index (χ0v) is 18.7. The van der Waals surface area contributed by atoms with Gasteiger partial charge in [0, 0.05) is 19.1 Å². The van der Waals surface area contributed by atoms with Crippen LogP contribution in [-0.2, 0) is 9.53 Å². The summed E-state index contributed by atoms with van der Waals surface area (Å²) in [5, 5.41) is 6.10. The van der Waals surface area contributed by atoms with Crippen LogP contribution in [0.3, 0.4) is 0 Å². The molecule has 1 aromatic carbocycles. The van der Waals surface area contributed by atoms with Crippen LogP contribution >= 0.6 is 24.0 Å². The van der Waals surface area contributed by atoms with Gasteiger partial charge >= 0.3 is 0 Å². The molecule has 6 nitrogen and oxygen atoms in total. The van der Waals surface area contributed by atoms with Crippen molar-refractivity contribution in [1.82, 2.24) is 15.5 Å². The second-order valence-electron chi connectivity index (χ2n) is 7.36. The Morgan fingerprint density at radius 2 is 2.04 bits per heavy atom. The number of carbonyl (C=O) groups excluding carboxylic acids is 1. The lowest BCUT2D eigenvalue weighted by atomic mass is 10.0. The van der Waals surface area contributed by atoms with Crippen molar-refractivity contribution in [3.05, 3.63) is 35.4 Å². The molecule has 1 aromatic rings. The smallest absolute Gasteiger partial charge is 0.239 e. The highest BCUT2D eigenvalue weighted by molar-refractivity contribution is 14.0. The molecular weight excluding hydrogens is 443 g/mol. The molecule has 146 valence electrons. The molecule has 1 unspecified atom stereocenters. The molecule has 1 amide bonds. The molecule has 1 fully saturated rings. The zero-order valence-electron chi connectivity index (χ0n) is 16.3. The standard InChI is InChI=1S/C19H30N4O2.HI/c1-14-8-6-7-9-15(14)16-13-23(10-11-25-16)18(20-5)21-12-17(24)22-19(2,3)4;/h6-9,16H,10-13H2,1-5H3,(H,20,21)(H,22,24);1H. The predicted octanol–water partition coefficient (Wildman–Crippen LogP) is 2.48. The molecule has 0 saturated carbocycles. The normalized spacial score (nSPS) is 18.1. The number of rotatable bonds is 3. The maximum absolute atomic E-state index is 12.0. The topological polar surface area (TPSA) is 66.0 Å². The fourth-order valence-electron chi connectivity index (χ4n) is 2.93. The van der Waals surface area contributed by atoms with E-state index in [1.165, 1.54) is 11.1 Å². The number of benzene rings is 1. The minimum Gasteiger partial charge on any atom is -0.370 e. The number of halogens is 1. The average Bonchev–Trinajstić information content (AvgIpc) is 2.54. The number of amides is 1. The summed E-state index contributed by atoms with van der Waals surface area (Å²) in [5.41, 5.74) is 2.19. The summed E-state index contributed by atoms with van der Waals surface area (Å²) in [5.74, 6) is 0.684. The van der Waals surface area contributed by atoms with E-state index in [-0.39, 0.29) is 48.1 Å². The lowest BCUT2D eigenvalue weighted by Crippen LogP contribution is -2.52. The summed E-state index contributed by atoms with van der Waals surface area (Å²) in [4.78, 5) is 18.5. The average molecular weight is 474 g/mol. The Hall–Kier alpha value is -1.35. The van der Waals surface area contributed by atoms with Crippen molar-refractivity contribution < 1.29 is 9.53 Å². The van der Waals surface area contributed by atoms with E-state index in [0.29, 0.717) is 13.2 Å². The van der Waals surface area contributed by atoms with Crippen LogP contribution in [0.1, 0.15) is 38.0 Å². The lowest BCUT2D eigenvalue weighted by molar-refractivity contribution is -0.121. The first-order valence-electron chi connectivity index (χ1n) is 8.74. The SMILES string of the molecule is CN=C(NCC(=O)NC(C)(C)C)N1CCOC(c2ccccc2C)C1.I. The number of ether oxygens (including phenoxy) is 1. The minimum atomic E-state index is -0.239.